The summed E-state index contributed by atoms with van der Waals surface area (Å²) in [6, 6.07) is 15.6. The van der Waals surface area contributed by atoms with Crippen molar-refractivity contribution in [3.8, 4) is 0 Å². The van der Waals surface area contributed by atoms with Gasteiger partial charge < -0.3 is 11.1 Å². The van der Waals surface area contributed by atoms with Crippen molar-refractivity contribution in [2.24, 2.45) is 5.73 Å². The Balaban J connectivity index is 1.92. The Bertz CT molecular complexity index is 684. The SMILES string of the molecule is Cc1ccc(CCC(=O)Nc2ccccc2SCC(N)=O)cc1. The first-order valence-electron chi connectivity index (χ1n) is 7.40. The number of para-hydroxylation sites is 1. The smallest absolute Gasteiger partial charge is 0.227 e. The Morgan fingerprint density at radius 3 is 2.48 bits per heavy atom. The van der Waals surface area contributed by atoms with E-state index in [0.29, 0.717) is 18.5 Å². The molecular weight excluding hydrogens is 308 g/mol. The molecule has 5 heteroatoms. The van der Waals surface area contributed by atoms with Crippen molar-refractivity contribution >= 4 is 29.3 Å². The number of benzene rings is 2. The van der Waals surface area contributed by atoms with Crippen LogP contribution in [-0.2, 0) is 16.0 Å². The zero-order chi connectivity index (χ0) is 16.7. The average molecular weight is 328 g/mol. The largest absolute Gasteiger partial charge is 0.369 e. The van der Waals surface area contributed by atoms with Gasteiger partial charge in [0.2, 0.25) is 11.8 Å². The summed E-state index contributed by atoms with van der Waals surface area (Å²) >= 11 is 1.32. The van der Waals surface area contributed by atoms with E-state index in [2.05, 4.69) is 5.32 Å². The average Bonchev–Trinajstić information content (AvgIpc) is 2.53. The maximum Gasteiger partial charge on any atom is 0.227 e. The minimum atomic E-state index is -0.379. The molecule has 0 aliphatic carbocycles. The van der Waals surface area contributed by atoms with E-state index < -0.39 is 0 Å². The van der Waals surface area contributed by atoms with Crippen LogP contribution in [0.4, 0.5) is 5.69 Å². The molecule has 0 aromatic heterocycles. The van der Waals surface area contributed by atoms with Gasteiger partial charge in [0, 0.05) is 11.3 Å². The standard InChI is InChI=1S/C18H20N2O2S/c1-13-6-8-14(9-7-13)10-11-18(22)20-15-4-2-3-5-16(15)23-12-17(19)21/h2-9H,10-12H2,1H3,(H2,19,21)(H,20,22). The van der Waals surface area contributed by atoms with Crippen LogP contribution in [-0.4, -0.2) is 17.6 Å². The summed E-state index contributed by atoms with van der Waals surface area (Å²) in [6.45, 7) is 2.04. The highest BCUT2D eigenvalue weighted by molar-refractivity contribution is 8.00. The zero-order valence-electron chi connectivity index (χ0n) is 13.0. The Morgan fingerprint density at radius 2 is 1.78 bits per heavy atom. The number of aryl methyl sites for hydroxylation is 2. The quantitative estimate of drug-likeness (QED) is 0.767. The first-order chi connectivity index (χ1) is 11.0. The topological polar surface area (TPSA) is 72.2 Å². The summed E-state index contributed by atoms with van der Waals surface area (Å²) in [6.07, 6.45) is 1.11. The number of primary amides is 1. The third kappa shape index (κ3) is 5.79. The maximum atomic E-state index is 12.1. The predicted octanol–water partition coefficient (Wildman–Crippen LogP) is 3.14. The molecule has 0 bridgehead atoms. The number of nitrogens with two attached hydrogens (primary N) is 1. The Kier molecular flexibility index (Phi) is 6.23. The summed E-state index contributed by atoms with van der Waals surface area (Å²) in [5, 5.41) is 2.90. The third-order valence-electron chi connectivity index (χ3n) is 3.29. The summed E-state index contributed by atoms with van der Waals surface area (Å²) in [5.74, 6) is -0.232. The molecule has 2 amide bonds. The molecule has 0 atom stereocenters. The van der Waals surface area contributed by atoms with Crippen molar-refractivity contribution in [3.05, 3.63) is 59.7 Å². The molecule has 2 aromatic carbocycles. The Labute approximate surface area is 140 Å². The van der Waals surface area contributed by atoms with Crippen LogP contribution in [0.3, 0.4) is 0 Å². The predicted molar refractivity (Wildman–Crippen MR) is 94.5 cm³/mol. The van der Waals surface area contributed by atoms with E-state index in [1.165, 1.54) is 17.3 Å². The lowest BCUT2D eigenvalue weighted by Crippen LogP contribution is -2.15. The molecule has 0 fully saturated rings. The monoisotopic (exact) mass is 328 g/mol. The lowest BCUT2D eigenvalue weighted by Gasteiger charge is -2.10. The van der Waals surface area contributed by atoms with Crippen LogP contribution in [0.5, 0.6) is 0 Å². The van der Waals surface area contributed by atoms with Gasteiger partial charge in [0.15, 0.2) is 0 Å². The van der Waals surface area contributed by atoms with Crippen LogP contribution in [0.2, 0.25) is 0 Å². The summed E-state index contributed by atoms with van der Waals surface area (Å²) < 4.78 is 0. The molecule has 23 heavy (non-hydrogen) atoms. The molecule has 3 N–H and O–H groups in total. The molecule has 0 unspecified atom stereocenters. The number of hydrogen-bond donors (Lipinski definition) is 2. The maximum absolute atomic E-state index is 12.1. The van der Waals surface area contributed by atoms with Gasteiger partial charge in [-0.25, -0.2) is 0 Å². The summed E-state index contributed by atoms with van der Waals surface area (Å²) in [4.78, 5) is 23.9. The van der Waals surface area contributed by atoms with Crippen LogP contribution >= 0.6 is 11.8 Å². The number of hydrogen-bond acceptors (Lipinski definition) is 3. The zero-order valence-corrected chi connectivity index (χ0v) is 13.9. The summed E-state index contributed by atoms with van der Waals surface area (Å²) in [7, 11) is 0. The number of rotatable bonds is 7. The molecule has 0 saturated carbocycles. The Hall–Kier alpha value is -2.27. The van der Waals surface area contributed by atoms with E-state index >= 15 is 0 Å². The summed E-state index contributed by atoms with van der Waals surface area (Å²) in [5.41, 5.74) is 8.23. The highest BCUT2D eigenvalue weighted by Crippen LogP contribution is 2.26. The van der Waals surface area contributed by atoms with E-state index in [9.17, 15) is 9.59 Å². The van der Waals surface area contributed by atoms with Crippen LogP contribution in [0, 0.1) is 6.92 Å². The van der Waals surface area contributed by atoms with E-state index in [4.69, 9.17) is 5.73 Å². The van der Waals surface area contributed by atoms with E-state index in [1.807, 2.05) is 55.5 Å². The van der Waals surface area contributed by atoms with Crippen molar-refractivity contribution in [2.45, 2.75) is 24.7 Å². The van der Waals surface area contributed by atoms with Crippen molar-refractivity contribution in [3.63, 3.8) is 0 Å². The minimum absolute atomic E-state index is 0.0438. The fraction of sp³-hybridized carbons (Fsp3) is 0.222. The van der Waals surface area contributed by atoms with Crippen molar-refractivity contribution in [2.75, 3.05) is 11.1 Å². The molecule has 0 aliphatic rings. The number of carbonyl (C=O) groups is 2. The van der Waals surface area contributed by atoms with Crippen molar-refractivity contribution in [1.29, 1.82) is 0 Å². The molecule has 0 radical (unpaired) electrons. The number of carbonyl (C=O) groups excluding carboxylic acids is 2. The first kappa shape index (κ1) is 17.1. The van der Waals surface area contributed by atoms with Gasteiger partial charge in [-0.3, -0.25) is 9.59 Å². The van der Waals surface area contributed by atoms with E-state index in [1.54, 1.807) is 0 Å². The molecule has 0 heterocycles. The second kappa shape index (κ2) is 8.39. The second-order valence-electron chi connectivity index (χ2n) is 5.28. The van der Waals surface area contributed by atoms with Gasteiger partial charge in [-0.05, 0) is 31.0 Å². The fourth-order valence-corrected chi connectivity index (χ4v) is 2.82. The number of amides is 2. The van der Waals surface area contributed by atoms with Crippen LogP contribution in [0.25, 0.3) is 0 Å². The molecule has 2 aromatic rings. The highest BCUT2D eigenvalue weighted by atomic mass is 32.2. The van der Waals surface area contributed by atoms with Crippen molar-refractivity contribution < 1.29 is 9.59 Å². The van der Waals surface area contributed by atoms with E-state index in [-0.39, 0.29) is 17.6 Å². The number of nitrogens with one attached hydrogen (secondary N) is 1. The number of anilines is 1. The van der Waals surface area contributed by atoms with Gasteiger partial charge >= 0.3 is 0 Å². The lowest BCUT2D eigenvalue weighted by molar-refractivity contribution is -0.116. The molecular formula is C18H20N2O2S. The minimum Gasteiger partial charge on any atom is -0.369 e. The molecule has 120 valence electrons. The van der Waals surface area contributed by atoms with Gasteiger partial charge in [-0.15, -0.1) is 11.8 Å². The second-order valence-corrected chi connectivity index (χ2v) is 6.30. The molecule has 4 nitrogen and oxygen atoms in total. The molecule has 0 saturated heterocycles. The van der Waals surface area contributed by atoms with Gasteiger partial charge in [0.1, 0.15) is 0 Å². The fourth-order valence-electron chi connectivity index (χ4n) is 2.07. The van der Waals surface area contributed by atoms with E-state index in [0.717, 1.165) is 10.5 Å². The van der Waals surface area contributed by atoms with Crippen LogP contribution in [0.15, 0.2) is 53.4 Å². The van der Waals surface area contributed by atoms with Crippen LogP contribution in [0.1, 0.15) is 17.5 Å². The van der Waals surface area contributed by atoms with Gasteiger partial charge in [0.25, 0.3) is 0 Å². The van der Waals surface area contributed by atoms with Crippen LogP contribution < -0.4 is 11.1 Å². The molecule has 0 spiro atoms. The normalized spacial score (nSPS) is 10.3. The highest BCUT2D eigenvalue weighted by Gasteiger charge is 2.08. The van der Waals surface area contributed by atoms with Gasteiger partial charge in [-0.2, -0.15) is 0 Å². The first-order valence-corrected chi connectivity index (χ1v) is 8.38. The van der Waals surface area contributed by atoms with Gasteiger partial charge in [0.05, 0.1) is 11.4 Å². The molecule has 2 rings (SSSR count). The Morgan fingerprint density at radius 1 is 1.09 bits per heavy atom. The van der Waals surface area contributed by atoms with Crippen molar-refractivity contribution in [1.82, 2.24) is 0 Å². The third-order valence-corrected chi connectivity index (χ3v) is 4.39. The molecule has 0 aliphatic heterocycles. The number of thioether (sulfide) groups is 1. The lowest BCUT2D eigenvalue weighted by atomic mass is 10.1. The van der Waals surface area contributed by atoms with Gasteiger partial charge in [-0.1, -0.05) is 42.0 Å².